The number of ether oxygens (including phenoxy) is 4. The van der Waals surface area contributed by atoms with E-state index >= 15 is 0 Å². The number of sulfonamides is 2. The highest BCUT2D eigenvalue weighted by atomic mass is 32.2. The van der Waals surface area contributed by atoms with E-state index in [9.17, 15) is 86.6 Å². The number of hydrogen-bond acceptors (Lipinski definition) is 21. The second kappa shape index (κ2) is 33.3. The van der Waals surface area contributed by atoms with E-state index in [0.717, 1.165) is 70.6 Å². The molecule has 0 unspecified atom stereocenters. The molecule has 4 aromatic rings. The quantitative estimate of drug-likeness (QED) is 0.0756. The molecule has 10 fully saturated rings. The topological polar surface area (TPSA) is 370 Å². The molecule has 8 saturated carbocycles. The van der Waals surface area contributed by atoms with Crippen LogP contribution in [0.2, 0.25) is 0 Å². The van der Waals surface area contributed by atoms with Gasteiger partial charge in [-0.15, -0.1) is 0 Å². The predicted octanol–water partition coefficient (Wildman–Crippen LogP) is 12.1. The van der Waals surface area contributed by atoms with Crippen molar-refractivity contribution in [2.75, 3.05) is 13.1 Å². The molecule has 8 aliphatic carbocycles. The average molecular weight is 1730 g/mol. The molecule has 0 radical (unpaired) electrons. The van der Waals surface area contributed by atoms with Gasteiger partial charge in [-0.1, -0.05) is 88.5 Å². The number of carboxylic acid groups (broad SMARTS) is 1. The number of carbonyl (C=O) groups excluding carboxylic acids is 7. The van der Waals surface area contributed by atoms with E-state index in [1.807, 2.05) is 51.0 Å². The number of carboxylic acids is 1. The Morgan fingerprint density at radius 3 is 1.37 bits per heavy atom. The highest BCUT2D eigenvalue weighted by Crippen LogP contribution is 2.62. The highest BCUT2D eigenvalue weighted by Gasteiger charge is 2.68. The monoisotopic (exact) mass is 1720 g/mol. The maximum Gasteiger partial charge on any atom is 0.326 e. The van der Waals surface area contributed by atoms with Gasteiger partial charge in [0.1, 0.15) is 59.0 Å². The molecule has 0 spiro atoms. The van der Waals surface area contributed by atoms with Crippen LogP contribution in [0.15, 0.2) is 36.4 Å². The van der Waals surface area contributed by atoms with Gasteiger partial charge < -0.3 is 39.6 Å². The Balaban J connectivity index is 0.000000177. The van der Waals surface area contributed by atoms with Gasteiger partial charge in [-0.2, -0.15) is 0 Å². The van der Waals surface area contributed by atoms with E-state index in [1.165, 1.54) is 54.3 Å². The zero-order valence-corrected chi connectivity index (χ0v) is 70.6. The molecule has 20 atom stereocenters. The number of fused-ring (bicyclic) bond motifs is 14. The summed E-state index contributed by atoms with van der Waals surface area (Å²) in [6.45, 7) is 17.4. The van der Waals surface area contributed by atoms with Gasteiger partial charge in [-0.05, 0) is 187 Å². The van der Waals surface area contributed by atoms with E-state index in [0.29, 0.717) is 96.1 Å². The Morgan fingerprint density at radius 2 is 0.975 bits per heavy atom. The minimum absolute atomic E-state index is 0. The molecule has 4 amide bonds. The molecule has 660 valence electrons. The fourth-order valence-electron chi connectivity index (χ4n) is 19.6. The smallest absolute Gasteiger partial charge is 0.326 e. The zero-order chi connectivity index (χ0) is 86.1. The highest BCUT2D eigenvalue weighted by molar-refractivity contribution is 7.92. The molecule has 16 rings (SSSR count). The molecule has 34 heteroatoms. The van der Waals surface area contributed by atoms with Crippen LogP contribution in [0.3, 0.4) is 0 Å². The molecule has 12 aliphatic rings. The summed E-state index contributed by atoms with van der Waals surface area (Å²) >= 11 is 0. The summed E-state index contributed by atoms with van der Waals surface area (Å²) in [6, 6.07) is 5.93. The first-order valence-corrected chi connectivity index (χ1v) is 45.2. The van der Waals surface area contributed by atoms with Crippen molar-refractivity contribution in [2.24, 2.45) is 93.0 Å². The van der Waals surface area contributed by atoms with Crippen molar-refractivity contribution in [2.45, 2.75) is 289 Å². The molecule has 2 aromatic heterocycles. The Kier molecular flexibility index (Phi) is 24.9. The van der Waals surface area contributed by atoms with E-state index in [1.54, 1.807) is 26.0 Å². The minimum Gasteiger partial charge on any atom is -0.480 e. The third-order valence-corrected chi connectivity index (χ3v) is 32.7. The number of benzene rings is 2. The summed E-state index contributed by atoms with van der Waals surface area (Å²) in [6.07, 6.45) is 4.53. The summed E-state index contributed by atoms with van der Waals surface area (Å²) in [5.41, 5.74) is 3.14. The molecule has 26 nitrogen and oxygen atoms in total. The molecule has 2 saturated heterocycles. The number of nitrogens with one attached hydrogen (secondary N) is 2. The molecular formula is C86H115F6N9O17S2. The predicted molar refractivity (Wildman–Crippen MR) is 427 cm³/mol. The van der Waals surface area contributed by atoms with Crippen LogP contribution in [0.5, 0.6) is 11.8 Å². The largest absolute Gasteiger partial charge is 0.480 e. The zero-order valence-electron chi connectivity index (χ0n) is 69.0. The van der Waals surface area contributed by atoms with Crippen molar-refractivity contribution >= 4 is 89.4 Å². The van der Waals surface area contributed by atoms with Gasteiger partial charge in [0.05, 0.1) is 80.8 Å². The fourth-order valence-corrected chi connectivity index (χ4v) is 22.2. The number of esters is 2. The van der Waals surface area contributed by atoms with Gasteiger partial charge in [-0.25, -0.2) is 67.9 Å². The lowest BCUT2D eigenvalue weighted by Gasteiger charge is -2.35. The molecule has 120 heavy (non-hydrogen) atoms. The third-order valence-electron chi connectivity index (χ3n) is 28.4. The van der Waals surface area contributed by atoms with Gasteiger partial charge in [-0.3, -0.25) is 43.0 Å². The SMILES string of the molecule is C.CC1(S(=O)(=O)NC(=O)[C@@]2(N)C[C@H]2C(F)F)CC1.C[C@@H]1[C@@H]2CN(C(=O)[C@H](C(C)(C)C)CC(=O)O[C@@H]3C[C@@H]4C[C@@H]4[C@H]3CCCCCc3nc4ccc(F)cc4nc3O2)[C@@H]1C(=O)C[C@]1(C(=O)NS(=O)(=O)C2(C)CC2)C[C@H]1C(F)F.C[C@@H]1[C@@H]2CN(C(=O)[C@H](C(C)(C)C)CC(=O)O[C@@H]3C[C@@H]4C[C@@H]4[C@H]3CCCCCc3nc4ccc(F)cc4nc3O2)[C@@H]1C(=O)O. The van der Waals surface area contributed by atoms with E-state index in [-0.39, 0.29) is 81.2 Å². The molecule has 4 bridgehead atoms. The molecule has 2 aromatic carbocycles. The summed E-state index contributed by atoms with van der Waals surface area (Å²) in [4.78, 5) is 130. The number of carbonyl (C=O) groups is 8. The average Bonchev–Trinajstić information content (AvgIpc) is 1.60. The van der Waals surface area contributed by atoms with Crippen molar-refractivity contribution < 1.29 is 106 Å². The number of ketones is 1. The van der Waals surface area contributed by atoms with Gasteiger partial charge in [0.15, 0.2) is 5.78 Å². The number of amides is 4. The number of aliphatic carboxylic acids is 1. The number of nitrogens with two attached hydrogens (primary N) is 1. The first kappa shape index (κ1) is 89.9. The number of alkyl halides is 4. The van der Waals surface area contributed by atoms with Gasteiger partial charge in [0.2, 0.25) is 62.4 Å². The minimum atomic E-state index is -4.21. The molecule has 5 N–H and O–H groups in total. The first-order valence-electron chi connectivity index (χ1n) is 42.2. The van der Waals surface area contributed by atoms with Gasteiger partial charge in [0.25, 0.3) is 5.91 Å². The second-order valence-corrected chi connectivity index (χ2v) is 43.4. The van der Waals surface area contributed by atoms with Crippen molar-refractivity contribution in [1.29, 1.82) is 0 Å². The number of aryl methyl sites for hydroxylation is 2. The van der Waals surface area contributed by atoms with Crippen molar-refractivity contribution in [3.05, 3.63) is 59.4 Å². The summed E-state index contributed by atoms with van der Waals surface area (Å²) in [5, 5.41) is 10.2. The number of hydrogen-bond donors (Lipinski definition) is 4. The lowest BCUT2D eigenvalue weighted by molar-refractivity contribution is -0.160. The number of rotatable bonds is 12. The van der Waals surface area contributed by atoms with Crippen LogP contribution >= 0.6 is 0 Å². The summed E-state index contributed by atoms with van der Waals surface area (Å²) < 4.78 is 158. The number of nitrogens with zero attached hydrogens (tertiary/aromatic N) is 6. The maximum atomic E-state index is 14.9. The lowest BCUT2D eigenvalue weighted by atomic mass is 9.77. The standard InChI is InChI=1S/C43H55F3N4O8S.C33H42FN3O6.C9H14F2N2O3S.CH4/c1-22-34-21-50(36(22)32(51)20-43(19-28(43)37(45)46)40(54)49-59(55,56)42(5)13-14-42)39(53)27(41(2,3)4)18-35(52)57-33-16-23-15-26(23)25(33)9-7-6-8-10-30-38(58-34)48-31-17-24(44)11-12-29(31)47-30;1-17-27-16-37(29(17)32(40)41)31(39)22(33(2,3)4)15-28(38)42-26-13-18-12-21(18)20(26)8-6-5-7-9-24-30(43-27)36-25-14-19(34)10-11-23(25)35-24;1-8(2-3-8)17(15,16)13-7(14)9(12)4-5(9)6(10)11;/h11-12,17,22-23,25-28,33-34,36-37H,6-10,13-16,18-21H2,1-5H3,(H,49,54);10-11,14,17-18,20-22,26-27,29H,5-9,12-13,15-16H2,1-4H3,(H,40,41);5-6H,2-4,12H2,1H3,(H,13,14);1H4/t22-,23+,25-,26+,27-,28+,33-,34+,36+,43-;17-,18+,20-,21+,22-,26-,27+,29+;5-,9+;/m110./s1. The van der Waals surface area contributed by atoms with Crippen LogP contribution in [0.25, 0.3) is 22.1 Å². The van der Waals surface area contributed by atoms with E-state index < -0.39 is 190 Å². The molecular weight excluding hydrogens is 1610 g/mol. The summed E-state index contributed by atoms with van der Waals surface area (Å²) in [5.74, 6) is -9.46. The van der Waals surface area contributed by atoms with Crippen LogP contribution < -0.4 is 24.7 Å². The van der Waals surface area contributed by atoms with E-state index in [2.05, 4.69) is 9.97 Å². The van der Waals surface area contributed by atoms with E-state index in [4.69, 9.17) is 34.6 Å². The summed E-state index contributed by atoms with van der Waals surface area (Å²) in [7, 11) is -8.01. The Bertz CT molecular complexity index is 4910. The second-order valence-electron chi connectivity index (χ2n) is 39.0. The van der Waals surface area contributed by atoms with Crippen LogP contribution in [-0.2, 0) is 80.7 Å². The number of Topliss-reactive ketones (excluding diaryl/α,β-unsaturated/α-hetero) is 1. The van der Waals surface area contributed by atoms with Crippen LogP contribution in [0, 0.1) is 98.9 Å². The van der Waals surface area contributed by atoms with Crippen LogP contribution in [0.4, 0.5) is 26.3 Å². The van der Waals surface area contributed by atoms with Gasteiger partial charge >= 0.3 is 17.9 Å². The maximum absolute atomic E-state index is 14.9. The lowest BCUT2D eigenvalue weighted by Crippen LogP contribution is -2.50. The normalized spacial score (nSPS) is 33.8. The molecule has 4 aliphatic heterocycles. The fraction of sp³-hybridized carbons (Fsp3) is 0.721. The van der Waals surface area contributed by atoms with Crippen LogP contribution in [0.1, 0.15) is 223 Å². The Hall–Kier alpha value is -7.88. The van der Waals surface area contributed by atoms with Crippen molar-refractivity contribution in [1.82, 2.24) is 39.2 Å². The Morgan fingerprint density at radius 1 is 0.558 bits per heavy atom. The third kappa shape index (κ3) is 18.4. The number of aromatic nitrogens is 4. The van der Waals surface area contributed by atoms with Crippen LogP contribution in [-0.4, -0.2) is 176 Å². The first-order chi connectivity index (χ1) is 55.7. The van der Waals surface area contributed by atoms with Gasteiger partial charge in [0, 0.05) is 42.2 Å². The van der Waals surface area contributed by atoms with Crippen molar-refractivity contribution in [3.63, 3.8) is 0 Å². The van der Waals surface area contributed by atoms with Crippen molar-refractivity contribution in [3.8, 4) is 11.8 Å². The number of halogens is 6. The molecule has 6 heterocycles. The Labute approximate surface area is 696 Å².